The molecule has 2 aromatic heterocycles. The first-order chi connectivity index (χ1) is 18.3. The number of aryl methyl sites for hydroxylation is 2. The van der Waals surface area contributed by atoms with Crippen LogP contribution in [-0.2, 0) is 4.79 Å². The van der Waals surface area contributed by atoms with Crippen molar-refractivity contribution in [3.8, 4) is 22.8 Å². The smallest absolute Gasteiger partial charge is 0.250 e. The second-order valence-corrected chi connectivity index (χ2v) is 9.79. The summed E-state index contributed by atoms with van der Waals surface area (Å²) in [6.07, 6.45) is 2.88. The van der Waals surface area contributed by atoms with Gasteiger partial charge in [-0.25, -0.2) is 4.98 Å². The van der Waals surface area contributed by atoms with Gasteiger partial charge in [0.15, 0.2) is 10.7 Å². The van der Waals surface area contributed by atoms with Crippen LogP contribution in [0.4, 0.5) is 5.69 Å². The fourth-order valence-electron chi connectivity index (χ4n) is 3.79. The van der Waals surface area contributed by atoms with Gasteiger partial charge in [0.2, 0.25) is 11.8 Å². The lowest BCUT2D eigenvalue weighted by Crippen LogP contribution is -2.33. The Morgan fingerprint density at radius 2 is 1.84 bits per heavy atom. The molecule has 3 aromatic carbocycles. The summed E-state index contributed by atoms with van der Waals surface area (Å²) in [6, 6.07) is 20.4. The number of carbonyl (C=O) groups excluding carboxylic acids is 1. The summed E-state index contributed by atoms with van der Waals surface area (Å²) in [6.45, 7) is 3.94. The summed E-state index contributed by atoms with van der Waals surface area (Å²) < 4.78 is 11.7. The monoisotopic (exact) mass is 561 g/mol. The normalized spacial score (nSPS) is 11.3. The fourth-order valence-corrected chi connectivity index (χ4v) is 4.40. The van der Waals surface area contributed by atoms with Crippen LogP contribution in [0.15, 0.2) is 81.6 Å². The van der Waals surface area contributed by atoms with E-state index >= 15 is 0 Å². The van der Waals surface area contributed by atoms with Crippen molar-refractivity contribution in [1.82, 2.24) is 10.3 Å². The molecule has 2 heterocycles. The van der Waals surface area contributed by atoms with Gasteiger partial charge in [-0.2, -0.15) is 0 Å². The van der Waals surface area contributed by atoms with E-state index in [0.717, 1.165) is 33.5 Å². The van der Waals surface area contributed by atoms with Crippen molar-refractivity contribution in [2.45, 2.75) is 13.8 Å². The molecule has 190 valence electrons. The van der Waals surface area contributed by atoms with Gasteiger partial charge in [-0.15, -0.1) is 0 Å². The first-order valence-corrected chi connectivity index (χ1v) is 12.8. The molecular weight excluding hydrogens is 541 g/mol. The lowest BCUT2D eigenvalue weighted by atomic mass is 10.1. The van der Waals surface area contributed by atoms with Gasteiger partial charge in [-0.3, -0.25) is 10.1 Å². The molecule has 1 amide bonds. The van der Waals surface area contributed by atoms with Crippen LogP contribution in [0.25, 0.3) is 40.0 Å². The minimum atomic E-state index is -0.413. The Morgan fingerprint density at radius 3 is 2.68 bits per heavy atom. The largest absolute Gasteiger partial charge is 0.457 e. The van der Waals surface area contributed by atoms with E-state index in [1.165, 1.54) is 6.08 Å². The van der Waals surface area contributed by atoms with Crippen LogP contribution in [-0.4, -0.2) is 16.0 Å². The highest BCUT2D eigenvalue weighted by atomic mass is 35.5. The van der Waals surface area contributed by atoms with E-state index in [-0.39, 0.29) is 5.11 Å². The Balaban J connectivity index is 1.24. The van der Waals surface area contributed by atoms with Crippen LogP contribution in [0.5, 0.6) is 0 Å². The Morgan fingerprint density at radius 1 is 1.00 bits per heavy atom. The van der Waals surface area contributed by atoms with Gasteiger partial charge in [0.1, 0.15) is 17.0 Å². The molecule has 2 N–H and O–H groups in total. The molecule has 6 nitrogen and oxygen atoms in total. The predicted molar refractivity (Wildman–Crippen MR) is 156 cm³/mol. The number of fused-ring (bicyclic) bond motifs is 1. The molecule has 5 rings (SSSR count). The molecule has 0 spiro atoms. The maximum absolute atomic E-state index is 12.5. The number of aromatic nitrogens is 1. The number of furan rings is 1. The topological polar surface area (TPSA) is 80.3 Å². The highest BCUT2D eigenvalue weighted by Gasteiger charge is 2.13. The van der Waals surface area contributed by atoms with Gasteiger partial charge in [0.25, 0.3) is 0 Å². The third-order valence-corrected chi connectivity index (χ3v) is 6.78. The summed E-state index contributed by atoms with van der Waals surface area (Å²) >= 11 is 17.7. The number of halogens is 2. The molecule has 0 aliphatic rings. The van der Waals surface area contributed by atoms with Crippen molar-refractivity contribution in [3.05, 3.63) is 99.7 Å². The summed E-state index contributed by atoms with van der Waals surface area (Å²) in [5, 5.41) is 6.70. The van der Waals surface area contributed by atoms with Crippen LogP contribution in [0.2, 0.25) is 10.0 Å². The number of hydrogen-bond donors (Lipinski definition) is 2. The summed E-state index contributed by atoms with van der Waals surface area (Å²) in [5.41, 5.74) is 5.73. The van der Waals surface area contributed by atoms with Gasteiger partial charge in [0.05, 0.1) is 10.0 Å². The van der Waals surface area contributed by atoms with E-state index in [1.807, 2.05) is 50.2 Å². The maximum Gasteiger partial charge on any atom is 0.250 e. The average molecular weight is 562 g/mol. The number of oxazole rings is 1. The Kier molecular flexibility index (Phi) is 7.33. The summed E-state index contributed by atoms with van der Waals surface area (Å²) in [4.78, 5) is 17.0. The molecule has 0 bridgehead atoms. The molecule has 38 heavy (non-hydrogen) atoms. The highest BCUT2D eigenvalue weighted by Crippen LogP contribution is 2.34. The van der Waals surface area contributed by atoms with Gasteiger partial charge in [-0.05, 0) is 91.8 Å². The number of nitrogens with zero attached hydrogens (tertiary/aromatic N) is 1. The van der Waals surface area contributed by atoms with Crippen LogP contribution in [0, 0.1) is 13.8 Å². The number of hydrogen-bond acceptors (Lipinski definition) is 5. The van der Waals surface area contributed by atoms with E-state index in [0.29, 0.717) is 33.0 Å². The second kappa shape index (κ2) is 10.8. The molecule has 0 atom stereocenters. The van der Waals surface area contributed by atoms with E-state index in [9.17, 15) is 4.79 Å². The second-order valence-electron chi connectivity index (χ2n) is 8.60. The number of anilines is 1. The zero-order valence-electron chi connectivity index (χ0n) is 20.3. The van der Waals surface area contributed by atoms with E-state index in [4.69, 9.17) is 44.3 Å². The van der Waals surface area contributed by atoms with E-state index in [2.05, 4.69) is 15.6 Å². The molecular formula is C29H21Cl2N3O3S. The Labute approximate surface area is 234 Å². The van der Waals surface area contributed by atoms with Crippen molar-refractivity contribution >= 4 is 69.3 Å². The SMILES string of the molecule is Cc1ccc2nc(-c3ccc(C)c(NC(=S)NC(=O)C=Cc4ccc(-c5cccc(Cl)c5Cl)o4)c3)oc2c1. The number of rotatable bonds is 5. The van der Waals surface area contributed by atoms with Crippen LogP contribution < -0.4 is 10.6 Å². The van der Waals surface area contributed by atoms with Crippen molar-refractivity contribution in [2.75, 3.05) is 5.32 Å². The van der Waals surface area contributed by atoms with Crippen molar-refractivity contribution in [1.29, 1.82) is 0 Å². The molecule has 0 fully saturated rings. The van der Waals surface area contributed by atoms with Crippen LogP contribution in [0.1, 0.15) is 16.9 Å². The standard InChI is InChI=1S/C29H21Cl2N3O3S/c1-16-6-11-22-25(14-16)37-28(32-22)18-8-7-17(2)23(15-18)33-29(38)34-26(35)13-10-19-9-12-24(36-19)20-4-3-5-21(30)27(20)31/h3-15H,1-2H3,(H2,33,34,35,38). The molecule has 0 saturated heterocycles. The number of carbonyl (C=O) groups is 1. The molecule has 5 aromatic rings. The predicted octanol–water partition coefficient (Wildman–Crippen LogP) is 8.20. The van der Waals surface area contributed by atoms with Crippen LogP contribution in [0.3, 0.4) is 0 Å². The molecule has 0 aliphatic carbocycles. The third kappa shape index (κ3) is 5.65. The van der Waals surface area contributed by atoms with Crippen molar-refractivity contribution in [2.24, 2.45) is 0 Å². The zero-order chi connectivity index (χ0) is 26.8. The molecule has 0 radical (unpaired) electrons. The quantitative estimate of drug-likeness (QED) is 0.166. The Hall–Kier alpha value is -3.91. The van der Waals surface area contributed by atoms with E-state index in [1.54, 1.807) is 36.4 Å². The lowest BCUT2D eigenvalue weighted by molar-refractivity contribution is -0.115. The highest BCUT2D eigenvalue weighted by molar-refractivity contribution is 7.80. The van der Waals surface area contributed by atoms with Crippen LogP contribution >= 0.6 is 35.4 Å². The molecule has 0 unspecified atom stereocenters. The van der Waals surface area contributed by atoms with Gasteiger partial charge in [-0.1, -0.05) is 41.4 Å². The first-order valence-electron chi connectivity index (χ1n) is 11.6. The molecule has 9 heteroatoms. The maximum atomic E-state index is 12.5. The molecule has 0 saturated carbocycles. The van der Waals surface area contributed by atoms with E-state index < -0.39 is 5.91 Å². The first kappa shape index (κ1) is 25.7. The Bertz CT molecular complexity index is 1720. The fraction of sp³-hybridized carbons (Fsp3) is 0.0690. The number of benzene rings is 3. The van der Waals surface area contributed by atoms with Crippen molar-refractivity contribution in [3.63, 3.8) is 0 Å². The van der Waals surface area contributed by atoms with Gasteiger partial charge < -0.3 is 14.2 Å². The minimum Gasteiger partial charge on any atom is -0.457 e. The third-order valence-electron chi connectivity index (χ3n) is 5.76. The lowest BCUT2D eigenvalue weighted by Gasteiger charge is -2.11. The number of nitrogens with one attached hydrogen (secondary N) is 2. The van der Waals surface area contributed by atoms with Crippen molar-refractivity contribution < 1.29 is 13.6 Å². The molecule has 0 aliphatic heterocycles. The van der Waals surface area contributed by atoms with Gasteiger partial charge >= 0.3 is 0 Å². The van der Waals surface area contributed by atoms with Gasteiger partial charge in [0, 0.05) is 22.9 Å². The minimum absolute atomic E-state index is 0.152. The summed E-state index contributed by atoms with van der Waals surface area (Å²) in [5.74, 6) is 1.11. The number of amides is 1. The average Bonchev–Trinajstić information content (AvgIpc) is 3.52. The summed E-state index contributed by atoms with van der Waals surface area (Å²) in [7, 11) is 0. The number of thiocarbonyl (C=S) groups is 1. The zero-order valence-corrected chi connectivity index (χ0v) is 22.7.